The maximum absolute atomic E-state index is 10.8. The zero-order chi connectivity index (χ0) is 10.1. The summed E-state index contributed by atoms with van der Waals surface area (Å²) in [4.78, 5) is 15.0. The molecule has 1 aliphatic rings. The van der Waals surface area contributed by atoms with E-state index >= 15 is 0 Å². The third-order valence-electron chi connectivity index (χ3n) is 2.58. The Balaban J connectivity index is 2.18. The maximum Gasteiger partial charge on any atom is 0.320 e. The molecular formula is C9H13N3O2. The highest BCUT2D eigenvalue weighted by Crippen LogP contribution is 2.11. The van der Waals surface area contributed by atoms with E-state index in [9.17, 15) is 4.79 Å². The molecule has 5 nitrogen and oxygen atoms in total. The topological polar surface area (TPSA) is 67.2 Å². The molecule has 76 valence electrons. The molecule has 0 radical (unpaired) electrons. The van der Waals surface area contributed by atoms with Gasteiger partial charge in [-0.1, -0.05) is 0 Å². The number of carboxylic acid groups (broad SMARTS) is 1. The average Bonchev–Trinajstić information content (AvgIpc) is 2.38. The maximum atomic E-state index is 10.8. The van der Waals surface area contributed by atoms with Crippen LogP contribution in [0.15, 0.2) is 6.20 Å². The van der Waals surface area contributed by atoms with Gasteiger partial charge in [-0.25, -0.2) is 4.98 Å². The minimum absolute atomic E-state index is 0.448. The number of hydrogen-bond donors (Lipinski definition) is 2. The van der Waals surface area contributed by atoms with Gasteiger partial charge in [-0.3, -0.25) is 10.1 Å². The Labute approximate surface area is 81.8 Å². The van der Waals surface area contributed by atoms with Crippen LogP contribution in [0, 0.1) is 6.92 Å². The monoisotopic (exact) mass is 195 g/mol. The van der Waals surface area contributed by atoms with E-state index in [1.165, 1.54) is 0 Å². The number of aliphatic carboxylic acids is 1. The fourth-order valence-corrected chi connectivity index (χ4v) is 1.74. The van der Waals surface area contributed by atoms with Crippen molar-refractivity contribution in [1.82, 2.24) is 14.9 Å². The van der Waals surface area contributed by atoms with Crippen LogP contribution in [0.1, 0.15) is 17.9 Å². The third-order valence-corrected chi connectivity index (χ3v) is 2.58. The first-order chi connectivity index (χ1) is 6.68. The zero-order valence-electron chi connectivity index (χ0n) is 8.03. The summed E-state index contributed by atoms with van der Waals surface area (Å²) in [5.41, 5.74) is 1.09. The van der Waals surface area contributed by atoms with Crippen molar-refractivity contribution in [1.29, 1.82) is 0 Å². The van der Waals surface area contributed by atoms with E-state index in [-0.39, 0.29) is 0 Å². The number of carbonyl (C=O) groups is 1. The molecule has 14 heavy (non-hydrogen) atoms. The second kappa shape index (κ2) is 3.42. The van der Waals surface area contributed by atoms with Crippen LogP contribution in [0.2, 0.25) is 0 Å². The fourth-order valence-electron chi connectivity index (χ4n) is 1.74. The molecule has 0 amide bonds. The molecule has 0 aromatic carbocycles. The summed E-state index contributed by atoms with van der Waals surface area (Å²) in [6.45, 7) is 3.24. The Hall–Kier alpha value is -1.36. The van der Waals surface area contributed by atoms with Gasteiger partial charge in [-0.05, 0) is 13.3 Å². The van der Waals surface area contributed by atoms with Crippen LogP contribution in [0.4, 0.5) is 0 Å². The third kappa shape index (κ3) is 1.50. The second-order valence-corrected chi connectivity index (χ2v) is 3.53. The first-order valence-corrected chi connectivity index (χ1v) is 4.65. The summed E-state index contributed by atoms with van der Waals surface area (Å²) < 4.78 is 2.07. The number of rotatable bonds is 1. The molecular weight excluding hydrogens is 182 g/mol. The minimum atomic E-state index is -0.784. The molecule has 0 bridgehead atoms. The number of nitrogens with zero attached hydrogens (tertiary/aromatic N) is 2. The van der Waals surface area contributed by atoms with Gasteiger partial charge in [0.15, 0.2) is 0 Å². The highest BCUT2D eigenvalue weighted by molar-refractivity contribution is 5.73. The lowest BCUT2D eigenvalue weighted by atomic mass is 10.2. The van der Waals surface area contributed by atoms with E-state index in [2.05, 4.69) is 14.9 Å². The van der Waals surface area contributed by atoms with Crippen molar-refractivity contribution in [2.75, 3.05) is 0 Å². The molecule has 0 saturated carbocycles. The van der Waals surface area contributed by atoms with Crippen LogP contribution in [0.5, 0.6) is 0 Å². The van der Waals surface area contributed by atoms with Crippen molar-refractivity contribution in [3.8, 4) is 0 Å². The smallest absolute Gasteiger partial charge is 0.320 e. The summed E-state index contributed by atoms with van der Waals surface area (Å²) in [5.74, 6) is 0.139. The average molecular weight is 195 g/mol. The molecule has 0 aliphatic carbocycles. The molecule has 2 heterocycles. The first-order valence-electron chi connectivity index (χ1n) is 4.65. The number of hydrogen-bond acceptors (Lipinski definition) is 3. The minimum Gasteiger partial charge on any atom is -0.480 e. The van der Waals surface area contributed by atoms with Crippen molar-refractivity contribution in [3.63, 3.8) is 0 Å². The standard InChI is InChI=1S/C9H13N3O2/c1-6-4-11-8-5-10-7(9(13)14)2-3-12(6)8/h4,7,10H,2-3,5H2,1H3,(H,13,14). The predicted molar refractivity (Wildman–Crippen MR) is 49.8 cm³/mol. The van der Waals surface area contributed by atoms with E-state index in [0.29, 0.717) is 13.0 Å². The summed E-state index contributed by atoms with van der Waals surface area (Å²) in [5, 5.41) is 11.8. The van der Waals surface area contributed by atoms with Crippen LogP contribution in [-0.4, -0.2) is 26.7 Å². The molecule has 1 unspecified atom stereocenters. The van der Waals surface area contributed by atoms with Crippen molar-refractivity contribution in [2.45, 2.75) is 32.5 Å². The molecule has 2 N–H and O–H groups in total. The number of fused-ring (bicyclic) bond motifs is 1. The zero-order valence-corrected chi connectivity index (χ0v) is 8.03. The van der Waals surface area contributed by atoms with Gasteiger partial charge in [0.05, 0.1) is 6.54 Å². The number of aryl methyl sites for hydroxylation is 1. The van der Waals surface area contributed by atoms with Gasteiger partial charge < -0.3 is 9.67 Å². The van der Waals surface area contributed by atoms with Crippen molar-refractivity contribution in [2.24, 2.45) is 0 Å². The highest BCUT2D eigenvalue weighted by Gasteiger charge is 2.21. The predicted octanol–water partition coefficient (Wildman–Crippen LogP) is 0.138. The van der Waals surface area contributed by atoms with Crippen molar-refractivity contribution >= 4 is 5.97 Å². The Morgan fingerprint density at radius 3 is 3.29 bits per heavy atom. The van der Waals surface area contributed by atoms with E-state index in [4.69, 9.17) is 5.11 Å². The van der Waals surface area contributed by atoms with Gasteiger partial charge >= 0.3 is 5.97 Å². The van der Waals surface area contributed by atoms with Gasteiger partial charge in [0.2, 0.25) is 0 Å². The van der Waals surface area contributed by atoms with Gasteiger partial charge in [0.25, 0.3) is 0 Å². The number of nitrogens with one attached hydrogen (secondary N) is 1. The van der Waals surface area contributed by atoms with Crippen molar-refractivity contribution in [3.05, 3.63) is 17.7 Å². The highest BCUT2D eigenvalue weighted by atomic mass is 16.4. The normalized spacial score (nSPS) is 21.4. The molecule has 1 aliphatic heterocycles. The van der Waals surface area contributed by atoms with Gasteiger partial charge in [-0.2, -0.15) is 0 Å². The molecule has 1 aromatic heterocycles. The van der Waals surface area contributed by atoms with E-state index in [1.807, 2.05) is 13.1 Å². The van der Waals surface area contributed by atoms with Crippen LogP contribution in [0.25, 0.3) is 0 Å². The first kappa shape index (κ1) is 9.21. The lowest BCUT2D eigenvalue weighted by Gasteiger charge is -2.08. The van der Waals surface area contributed by atoms with Crippen LogP contribution < -0.4 is 5.32 Å². The SMILES string of the molecule is Cc1cnc2n1CCC(C(=O)O)NC2. The summed E-state index contributed by atoms with van der Waals surface area (Å²) in [6.07, 6.45) is 2.43. The van der Waals surface area contributed by atoms with Gasteiger partial charge in [0.1, 0.15) is 11.9 Å². The lowest BCUT2D eigenvalue weighted by molar-refractivity contribution is -0.139. The largest absolute Gasteiger partial charge is 0.480 e. The lowest BCUT2D eigenvalue weighted by Crippen LogP contribution is -2.35. The molecule has 0 fully saturated rings. The van der Waals surface area contributed by atoms with E-state index < -0.39 is 12.0 Å². The van der Waals surface area contributed by atoms with Crippen LogP contribution in [-0.2, 0) is 17.9 Å². The Morgan fingerprint density at radius 2 is 2.57 bits per heavy atom. The Morgan fingerprint density at radius 1 is 1.79 bits per heavy atom. The Kier molecular flexibility index (Phi) is 2.25. The second-order valence-electron chi connectivity index (χ2n) is 3.53. The number of imidazole rings is 1. The fraction of sp³-hybridized carbons (Fsp3) is 0.556. The molecule has 0 saturated heterocycles. The summed E-state index contributed by atoms with van der Waals surface area (Å²) in [7, 11) is 0. The van der Waals surface area contributed by atoms with Crippen molar-refractivity contribution < 1.29 is 9.90 Å². The molecule has 5 heteroatoms. The van der Waals surface area contributed by atoms with Crippen LogP contribution >= 0.6 is 0 Å². The van der Waals surface area contributed by atoms with Gasteiger partial charge in [-0.15, -0.1) is 0 Å². The van der Waals surface area contributed by atoms with E-state index in [1.54, 1.807) is 0 Å². The molecule has 1 aromatic rings. The molecule has 2 rings (SSSR count). The number of carboxylic acids is 1. The number of aromatic nitrogens is 2. The summed E-state index contributed by atoms with van der Waals surface area (Å²) >= 11 is 0. The van der Waals surface area contributed by atoms with E-state index in [0.717, 1.165) is 18.1 Å². The quantitative estimate of drug-likeness (QED) is 0.668. The molecule has 0 spiro atoms. The Bertz CT molecular complexity index is 359. The molecule has 1 atom stereocenters. The van der Waals surface area contributed by atoms with Crippen LogP contribution in [0.3, 0.4) is 0 Å². The summed E-state index contributed by atoms with van der Waals surface area (Å²) in [6, 6.07) is -0.448. The van der Waals surface area contributed by atoms with Gasteiger partial charge in [0, 0.05) is 18.4 Å².